The molecule has 3 rings (SSSR count). The van der Waals surface area contributed by atoms with Crippen LogP contribution in [-0.4, -0.2) is 10.9 Å². The Kier molecular flexibility index (Phi) is 5.14. The van der Waals surface area contributed by atoms with Crippen LogP contribution in [0.5, 0.6) is 0 Å². The lowest BCUT2D eigenvalue weighted by Crippen LogP contribution is -2.15. The van der Waals surface area contributed by atoms with Crippen molar-refractivity contribution in [1.29, 1.82) is 0 Å². The van der Waals surface area contributed by atoms with Crippen molar-refractivity contribution < 1.29 is 9.18 Å². The van der Waals surface area contributed by atoms with Crippen molar-refractivity contribution >= 4 is 46.1 Å². The highest BCUT2D eigenvalue weighted by Gasteiger charge is 2.11. The Morgan fingerprint density at radius 1 is 1.12 bits per heavy atom. The number of thiazole rings is 1. The van der Waals surface area contributed by atoms with E-state index in [1.807, 2.05) is 12.1 Å². The van der Waals surface area contributed by atoms with Crippen LogP contribution < -0.4 is 5.32 Å². The fourth-order valence-corrected chi connectivity index (χ4v) is 3.19. The maximum Gasteiger partial charge on any atom is 0.230 e. The van der Waals surface area contributed by atoms with Crippen LogP contribution in [0.4, 0.5) is 10.1 Å². The van der Waals surface area contributed by atoms with Crippen LogP contribution in [-0.2, 0) is 11.2 Å². The molecule has 1 aromatic heterocycles. The van der Waals surface area contributed by atoms with Gasteiger partial charge in [-0.15, -0.1) is 11.3 Å². The highest BCUT2D eigenvalue weighted by molar-refractivity contribution is 7.13. The van der Waals surface area contributed by atoms with Crippen LogP contribution in [0.25, 0.3) is 10.6 Å². The summed E-state index contributed by atoms with van der Waals surface area (Å²) in [6, 6.07) is 11.3. The molecule has 0 radical (unpaired) electrons. The van der Waals surface area contributed by atoms with Crippen molar-refractivity contribution in [3.8, 4) is 10.6 Å². The van der Waals surface area contributed by atoms with Gasteiger partial charge in [0, 0.05) is 21.0 Å². The lowest BCUT2D eigenvalue weighted by atomic mass is 10.2. The van der Waals surface area contributed by atoms with E-state index in [0.29, 0.717) is 15.7 Å². The second-order valence-electron chi connectivity index (χ2n) is 5.00. The van der Waals surface area contributed by atoms with Gasteiger partial charge in [-0.3, -0.25) is 4.79 Å². The van der Waals surface area contributed by atoms with Gasteiger partial charge in [0.15, 0.2) is 0 Å². The molecule has 0 fully saturated rings. The van der Waals surface area contributed by atoms with Crippen molar-refractivity contribution in [3.05, 3.63) is 69.4 Å². The number of hydrogen-bond acceptors (Lipinski definition) is 3. The van der Waals surface area contributed by atoms with Gasteiger partial charge in [-0.05, 0) is 30.3 Å². The third-order valence-corrected chi connectivity index (χ3v) is 4.61. The lowest BCUT2D eigenvalue weighted by molar-refractivity contribution is -0.115. The predicted octanol–water partition coefficient (Wildman–Crippen LogP) is 5.44. The average Bonchev–Trinajstić information content (AvgIpc) is 3.00. The van der Waals surface area contributed by atoms with Gasteiger partial charge in [0.1, 0.15) is 10.8 Å². The molecule has 0 aliphatic carbocycles. The first-order chi connectivity index (χ1) is 11.5. The third-order valence-electron chi connectivity index (χ3n) is 3.19. The molecule has 7 heteroatoms. The van der Waals surface area contributed by atoms with Gasteiger partial charge in [0.2, 0.25) is 5.91 Å². The first kappa shape index (κ1) is 16.9. The Hall–Kier alpha value is -1.95. The molecule has 24 heavy (non-hydrogen) atoms. The van der Waals surface area contributed by atoms with Crippen molar-refractivity contribution in [2.45, 2.75) is 6.42 Å². The summed E-state index contributed by atoms with van der Waals surface area (Å²) in [4.78, 5) is 16.5. The molecule has 122 valence electrons. The summed E-state index contributed by atoms with van der Waals surface area (Å²) in [7, 11) is 0. The fourth-order valence-electron chi connectivity index (χ4n) is 2.07. The fraction of sp³-hybridized carbons (Fsp3) is 0.0588. The van der Waals surface area contributed by atoms with Gasteiger partial charge < -0.3 is 5.32 Å². The van der Waals surface area contributed by atoms with Gasteiger partial charge in [-0.2, -0.15) is 0 Å². The second kappa shape index (κ2) is 7.30. The Labute approximate surface area is 152 Å². The number of nitrogens with zero attached hydrogens (tertiary/aromatic N) is 1. The molecule has 0 spiro atoms. The van der Waals surface area contributed by atoms with E-state index in [4.69, 9.17) is 23.2 Å². The van der Waals surface area contributed by atoms with Gasteiger partial charge in [-0.25, -0.2) is 9.37 Å². The molecule has 1 N–H and O–H groups in total. The van der Waals surface area contributed by atoms with Crippen molar-refractivity contribution in [2.24, 2.45) is 0 Å². The molecule has 0 atom stereocenters. The minimum atomic E-state index is -0.534. The molecule has 0 saturated carbocycles. The zero-order chi connectivity index (χ0) is 17.1. The predicted molar refractivity (Wildman–Crippen MR) is 96.3 cm³/mol. The summed E-state index contributed by atoms with van der Waals surface area (Å²) < 4.78 is 13.6. The van der Waals surface area contributed by atoms with Crippen LogP contribution in [0.1, 0.15) is 5.69 Å². The summed E-state index contributed by atoms with van der Waals surface area (Å²) in [6.45, 7) is 0. The van der Waals surface area contributed by atoms with E-state index in [2.05, 4.69) is 10.3 Å². The van der Waals surface area contributed by atoms with Crippen molar-refractivity contribution in [3.63, 3.8) is 0 Å². The number of rotatable bonds is 4. The number of amides is 1. The van der Waals surface area contributed by atoms with Crippen LogP contribution in [0.3, 0.4) is 0 Å². The Bertz CT molecular complexity index is 881. The van der Waals surface area contributed by atoms with Crippen LogP contribution in [0.15, 0.2) is 47.8 Å². The molecule has 0 aliphatic rings. The first-order valence-corrected chi connectivity index (χ1v) is 8.60. The van der Waals surface area contributed by atoms with Crippen LogP contribution in [0, 0.1) is 5.82 Å². The number of carbonyl (C=O) groups is 1. The maximum atomic E-state index is 13.6. The first-order valence-electron chi connectivity index (χ1n) is 6.96. The molecule has 0 bridgehead atoms. The quantitative estimate of drug-likeness (QED) is 0.654. The van der Waals surface area contributed by atoms with Gasteiger partial charge >= 0.3 is 0 Å². The molecule has 0 unspecified atom stereocenters. The molecular weight excluding hydrogens is 370 g/mol. The molecule has 3 nitrogen and oxygen atoms in total. The Morgan fingerprint density at radius 2 is 1.83 bits per heavy atom. The highest BCUT2D eigenvalue weighted by atomic mass is 35.5. The topological polar surface area (TPSA) is 42.0 Å². The average molecular weight is 381 g/mol. The van der Waals surface area contributed by atoms with E-state index in [-0.39, 0.29) is 18.0 Å². The van der Waals surface area contributed by atoms with Crippen molar-refractivity contribution in [1.82, 2.24) is 4.98 Å². The SMILES string of the molecule is O=C(Cc1csc(-c2ccc(Cl)cc2)n1)Nc1cc(Cl)ccc1F. The molecule has 0 aliphatic heterocycles. The normalized spacial score (nSPS) is 10.6. The molecule has 1 heterocycles. The van der Waals surface area contributed by atoms with E-state index < -0.39 is 5.82 Å². The van der Waals surface area contributed by atoms with E-state index in [0.717, 1.165) is 10.6 Å². The van der Waals surface area contributed by atoms with Crippen LogP contribution in [0.2, 0.25) is 10.0 Å². The lowest BCUT2D eigenvalue weighted by Gasteiger charge is -2.05. The smallest absolute Gasteiger partial charge is 0.230 e. The number of carbonyl (C=O) groups excluding carboxylic acids is 1. The second-order valence-corrected chi connectivity index (χ2v) is 6.73. The number of aromatic nitrogens is 1. The third kappa shape index (κ3) is 4.12. The summed E-state index contributed by atoms with van der Waals surface area (Å²) in [5.74, 6) is -0.892. The number of benzene rings is 2. The van der Waals surface area contributed by atoms with E-state index in [1.54, 1.807) is 17.5 Å². The standard InChI is InChI=1S/C17H11Cl2FN2OS/c18-11-3-1-10(2-4-11)17-21-13(9-24-17)8-16(23)22-15-7-12(19)5-6-14(15)20/h1-7,9H,8H2,(H,22,23). The summed E-state index contributed by atoms with van der Waals surface area (Å²) in [5.41, 5.74) is 1.60. The van der Waals surface area contributed by atoms with Gasteiger partial charge in [-0.1, -0.05) is 35.3 Å². The summed E-state index contributed by atoms with van der Waals surface area (Å²) >= 11 is 13.1. The Balaban J connectivity index is 1.69. The van der Waals surface area contributed by atoms with Gasteiger partial charge in [0.05, 0.1) is 17.8 Å². The van der Waals surface area contributed by atoms with E-state index >= 15 is 0 Å². The number of hydrogen-bond donors (Lipinski definition) is 1. The zero-order valence-corrected chi connectivity index (χ0v) is 14.6. The molecule has 2 aromatic carbocycles. The molecule has 0 saturated heterocycles. The van der Waals surface area contributed by atoms with Crippen LogP contribution >= 0.6 is 34.5 Å². The van der Waals surface area contributed by atoms with Gasteiger partial charge in [0.25, 0.3) is 0 Å². The minimum Gasteiger partial charge on any atom is -0.323 e. The largest absolute Gasteiger partial charge is 0.323 e. The molecule has 1 amide bonds. The van der Waals surface area contributed by atoms with E-state index in [1.165, 1.54) is 29.5 Å². The molecule has 3 aromatic rings. The molecular formula is C17H11Cl2FN2OS. The number of anilines is 1. The highest BCUT2D eigenvalue weighted by Crippen LogP contribution is 2.25. The summed E-state index contributed by atoms with van der Waals surface area (Å²) in [5, 5.41) is 6.11. The number of halogens is 3. The Morgan fingerprint density at radius 3 is 2.58 bits per heavy atom. The minimum absolute atomic E-state index is 0.0516. The monoisotopic (exact) mass is 380 g/mol. The number of nitrogens with one attached hydrogen (secondary N) is 1. The maximum absolute atomic E-state index is 13.6. The van der Waals surface area contributed by atoms with Crippen molar-refractivity contribution in [2.75, 3.05) is 5.32 Å². The van der Waals surface area contributed by atoms with E-state index in [9.17, 15) is 9.18 Å². The zero-order valence-electron chi connectivity index (χ0n) is 12.2. The summed E-state index contributed by atoms with van der Waals surface area (Å²) in [6.07, 6.45) is 0.0516.